The first-order valence-corrected chi connectivity index (χ1v) is 8.35. The van der Waals surface area contributed by atoms with Crippen molar-refractivity contribution in [3.8, 4) is 17.2 Å². The van der Waals surface area contributed by atoms with E-state index in [2.05, 4.69) is 10.3 Å². The molecule has 1 aromatic heterocycles. The van der Waals surface area contributed by atoms with Gasteiger partial charge in [-0.1, -0.05) is 0 Å². The van der Waals surface area contributed by atoms with Crippen LogP contribution in [-0.2, 0) is 11.3 Å². The quantitative estimate of drug-likeness (QED) is 0.728. The van der Waals surface area contributed by atoms with Crippen molar-refractivity contribution in [3.05, 3.63) is 57.0 Å². The summed E-state index contributed by atoms with van der Waals surface area (Å²) in [6, 6.07) is 5.27. The number of nitrogens with one attached hydrogen (secondary N) is 2. The number of hydrogen-bond donors (Lipinski definition) is 2. The highest BCUT2D eigenvalue weighted by Crippen LogP contribution is 2.35. The number of hydrogen-bond acceptors (Lipinski definition) is 5. The summed E-state index contributed by atoms with van der Waals surface area (Å²) >= 11 is 0. The van der Waals surface area contributed by atoms with Gasteiger partial charge in [-0.25, -0.2) is 0 Å². The third kappa shape index (κ3) is 4.91. The molecule has 0 fully saturated rings. The molecular weight excluding hydrogens is 348 g/mol. The Morgan fingerprint density at radius 3 is 2.26 bits per heavy atom. The van der Waals surface area contributed by atoms with E-state index in [0.717, 1.165) is 11.3 Å². The Hall–Kier alpha value is -3.22. The number of ether oxygens (including phenoxy) is 3. The maximum atomic E-state index is 12.1. The van der Waals surface area contributed by atoms with Gasteiger partial charge in [0, 0.05) is 35.5 Å². The van der Waals surface area contributed by atoms with E-state index in [0.29, 0.717) is 28.4 Å². The second kappa shape index (κ2) is 8.93. The molecule has 1 aromatic carbocycles. The molecule has 0 radical (unpaired) electrons. The van der Waals surface area contributed by atoms with Crippen LogP contribution in [-0.4, -0.2) is 32.2 Å². The minimum atomic E-state index is -0.328. The molecule has 0 saturated heterocycles. The predicted octanol–water partition coefficient (Wildman–Crippen LogP) is 2.35. The van der Waals surface area contributed by atoms with E-state index in [4.69, 9.17) is 14.2 Å². The van der Waals surface area contributed by atoms with Crippen LogP contribution in [0.1, 0.15) is 22.4 Å². The maximum absolute atomic E-state index is 12.1. The minimum absolute atomic E-state index is 0.147. The summed E-state index contributed by atoms with van der Waals surface area (Å²) in [5, 5.41) is 2.72. The van der Waals surface area contributed by atoms with Crippen molar-refractivity contribution in [2.24, 2.45) is 0 Å². The Bertz CT molecular complexity index is 915. The van der Waals surface area contributed by atoms with Crippen LogP contribution in [0.25, 0.3) is 6.08 Å². The van der Waals surface area contributed by atoms with Gasteiger partial charge in [0.15, 0.2) is 11.5 Å². The smallest absolute Gasteiger partial charge is 0.253 e. The number of aryl methyl sites for hydroxylation is 2. The Morgan fingerprint density at radius 1 is 1.04 bits per heavy atom. The molecular formula is C20H24N2O5. The number of rotatable bonds is 7. The average molecular weight is 372 g/mol. The highest BCUT2D eigenvalue weighted by atomic mass is 16.5. The van der Waals surface area contributed by atoms with Crippen LogP contribution >= 0.6 is 0 Å². The van der Waals surface area contributed by atoms with Crippen molar-refractivity contribution in [3.63, 3.8) is 0 Å². The molecule has 144 valence electrons. The first-order valence-electron chi connectivity index (χ1n) is 8.35. The van der Waals surface area contributed by atoms with Crippen molar-refractivity contribution < 1.29 is 19.0 Å². The maximum Gasteiger partial charge on any atom is 0.253 e. The number of pyridine rings is 1. The summed E-state index contributed by atoms with van der Waals surface area (Å²) in [5.41, 5.74) is 2.62. The van der Waals surface area contributed by atoms with Crippen LogP contribution in [0.4, 0.5) is 0 Å². The van der Waals surface area contributed by atoms with Gasteiger partial charge in [0.1, 0.15) is 5.75 Å². The lowest BCUT2D eigenvalue weighted by Gasteiger charge is -2.12. The Morgan fingerprint density at radius 2 is 1.67 bits per heavy atom. The van der Waals surface area contributed by atoms with Crippen LogP contribution in [0, 0.1) is 13.8 Å². The summed E-state index contributed by atoms with van der Waals surface area (Å²) in [7, 11) is 4.60. The molecule has 0 aliphatic heterocycles. The fraction of sp³-hybridized carbons (Fsp3) is 0.300. The molecule has 0 spiro atoms. The topological polar surface area (TPSA) is 89.7 Å². The molecule has 27 heavy (non-hydrogen) atoms. The molecule has 2 rings (SSSR count). The SMILES string of the molecule is COc1cc(OC)c(OC)cc1/C=C/C(=O)NCc1c(C)cc(C)[nH]c1=O. The standard InChI is InChI=1S/C20H24N2O5/c1-12-8-13(2)22-20(24)15(12)11-21-19(23)7-6-14-9-17(26-4)18(27-5)10-16(14)25-3/h6-10H,11H2,1-5H3,(H,21,23)(H,22,24)/b7-6+. The Labute approximate surface area is 158 Å². The number of carbonyl (C=O) groups excluding carboxylic acids is 1. The monoisotopic (exact) mass is 372 g/mol. The Kier molecular flexibility index (Phi) is 6.65. The molecule has 7 heteroatoms. The first-order chi connectivity index (χ1) is 12.9. The van der Waals surface area contributed by atoms with Gasteiger partial charge in [-0.05, 0) is 37.6 Å². The van der Waals surface area contributed by atoms with Gasteiger partial charge in [0.2, 0.25) is 5.91 Å². The highest BCUT2D eigenvalue weighted by molar-refractivity contribution is 5.92. The van der Waals surface area contributed by atoms with Crippen LogP contribution in [0.15, 0.2) is 29.1 Å². The van der Waals surface area contributed by atoms with Gasteiger partial charge in [-0.3, -0.25) is 9.59 Å². The molecule has 1 heterocycles. The van der Waals surface area contributed by atoms with Crippen LogP contribution in [0.3, 0.4) is 0 Å². The molecule has 1 amide bonds. The van der Waals surface area contributed by atoms with Gasteiger partial charge in [-0.2, -0.15) is 0 Å². The van der Waals surface area contributed by atoms with E-state index in [1.54, 1.807) is 18.2 Å². The number of aromatic amines is 1. The Balaban J connectivity index is 2.14. The van der Waals surface area contributed by atoms with Crippen molar-refractivity contribution in [2.45, 2.75) is 20.4 Å². The number of H-pyrrole nitrogens is 1. The van der Waals surface area contributed by atoms with Gasteiger partial charge >= 0.3 is 0 Å². The van der Waals surface area contributed by atoms with E-state index in [9.17, 15) is 9.59 Å². The van der Waals surface area contributed by atoms with E-state index in [1.807, 2.05) is 19.9 Å². The second-order valence-electron chi connectivity index (χ2n) is 5.94. The van der Waals surface area contributed by atoms with E-state index in [1.165, 1.54) is 27.4 Å². The lowest BCUT2D eigenvalue weighted by molar-refractivity contribution is -0.116. The van der Waals surface area contributed by atoms with Crippen molar-refractivity contribution >= 4 is 12.0 Å². The molecule has 2 aromatic rings. The molecule has 7 nitrogen and oxygen atoms in total. The lowest BCUT2D eigenvalue weighted by Crippen LogP contribution is -2.26. The third-order valence-electron chi connectivity index (χ3n) is 4.08. The fourth-order valence-corrected chi connectivity index (χ4v) is 2.68. The minimum Gasteiger partial charge on any atom is -0.496 e. The third-order valence-corrected chi connectivity index (χ3v) is 4.08. The van der Waals surface area contributed by atoms with Crippen molar-refractivity contribution in [2.75, 3.05) is 21.3 Å². The van der Waals surface area contributed by atoms with Gasteiger partial charge in [-0.15, -0.1) is 0 Å². The van der Waals surface area contributed by atoms with E-state index >= 15 is 0 Å². The second-order valence-corrected chi connectivity index (χ2v) is 5.94. The number of amides is 1. The first kappa shape index (κ1) is 20.1. The normalized spacial score (nSPS) is 10.7. The zero-order valence-electron chi connectivity index (χ0n) is 16.1. The molecule has 0 aliphatic rings. The van der Waals surface area contributed by atoms with E-state index < -0.39 is 0 Å². The lowest BCUT2D eigenvalue weighted by atomic mass is 10.1. The van der Waals surface area contributed by atoms with E-state index in [-0.39, 0.29) is 18.0 Å². The summed E-state index contributed by atoms with van der Waals surface area (Å²) in [6.45, 7) is 3.80. The highest BCUT2D eigenvalue weighted by Gasteiger charge is 2.11. The summed E-state index contributed by atoms with van der Waals surface area (Å²) < 4.78 is 15.8. The van der Waals surface area contributed by atoms with Crippen LogP contribution < -0.4 is 25.1 Å². The fourth-order valence-electron chi connectivity index (χ4n) is 2.68. The van der Waals surface area contributed by atoms with Crippen LogP contribution in [0.2, 0.25) is 0 Å². The van der Waals surface area contributed by atoms with Crippen molar-refractivity contribution in [1.29, 1.82) is 0 Å². The molecule has 0 saturated carbocycles. The number of methoxy groups -OCH3 is 3. The zero-order chi connectivity index (χ0) is 20.0. The van der Waals surface area contributed by atoms with Gasteiger partial charge in [0.25, 0.3) is 5.56 Å². The van der Waals surface area contributed by atoms with Gasteiger partial charge < -0.3 is 24.5 Å². The zero-order valence-corrected chi connectivity index (χ0v) is 16.1. The molecule has 0 unspecified atom stereocenters. The molecule has 0 bridgehead atoms. The van der Waals surface area contributed by atoms with Crippen molar-refractivity contribution in [1.82, 2.24) is 10.3 Å². The largest absolute Gasteiger partial charge is 0.496 e. The summed E-state index contributed by atoms with van der Waals surface area (Å²) in [6.07, 6.45) is 2.99. The molecule has 0 aliphatic carbocycles. The number of aromatic nitrogens is 1. The summed E-state index contributed by atoms with van der Waals surface area (Å²) in [4.78, 5) is 26.9. The number of carbonyl (C=O) groups is 1. The summed E-state index contributed by atoms with van der Waals surface area (Å²) in [5.74, 6) is 1.28. The van der Waals surface area contributed by atoms with Gasteiger partial charge in [0.05, 0.1) is 21.3 Å². The molecule has 0 atom stereocenters. The molecule has 2 N–H and O–H groups in total. The number of benzene rings is 1. The van der Waals surface area contributed by atoms with Crippen LogP contribution in [0.5, 0.6) is 17.2 Å². The predicted molar refractivity (Wildman–Crippen MR) is 104 cm³/mol. The average Bonchev–Trinajstić information content (AvgIpc) is 2.64.